The van der Waals surface area contributed by atoms with Crippen LogP contribution in [0.4, 0.5) is 0 Å². The lowest BCUT2D eigenvalue weighted by Crippen LogP contribution is -2.25. The van der Waals surface area contributed by atoms with Crippen LogP contribution < -0.4 is 5.32 Å². The molecule has 0 atom stereocenters. The molecule has 0 fully saturated rings. The third kappa shape index (κ3) is 6.12. The minimum absolute atomic E-state index is 0.972. The first-order valence-electron chi connectivity index (χ1n) is 7.11. The van der Waals surface area contributed by atoms with E-state index in [1.807, 2.05) is 0 Å². The molecule has 0 unspecified atom stereocenters. The SMILES string of the molecule is CCNCCCCN(CC)Cc1cccc(C)n1. The first-order valence-corrected chi connectivity index (χ1v) is 7.11. The largest absolute Gasteiger partial charge is 0.317 e. The number of unbranched alkanes of at least 4 members (excludes halogenated alkanes) is 1. The summed E-state index contributed by atoms with van der Waals surface area (Å²) in [6, 6.07) is 6.27. The molecule has 0 saturated carbocycles. The van der Waals surface area contributed by atoms with Gasteiger partial charge >= 0.3 is 0 Å². The van der Waals surface area contributed by atoms with E-state index < -0.39 is 0 Å². The van der Waals surface area contributed by atoms with Gasteiger partial charge in [0.25, 0.3) is 0 Å². The molecule has 0 aliphatic rings. The second kappa shape index (κ2) is 9.06. The van der Waals surface area contributed by atoms with E-state index in [4.69, 9.17) is 0 Å². The van der Waals surface area contributed by atoms with Crippen molar-refractivity contribution in [3.05, 3.63) is 29.6 Å². The summed E-state index contributed by atoms with van der Waals surface area (Å²) in [6.07, 6.45) is 2.51. The van der Waals surface area contributed by atoms with E-state index in [2.05, 4.69) is 54.2 Å². The van der Waals surface area contributed by atoms with E-state index in [-0.39, 0.29) is 0 Å². The van der Waals surface area contributed by atoms with Crippen LogP contribution in [0.2, 0.25) is 0 Å². The lowest BCUT2D eigenvalue weighted by atomic mass is 10.2. The van der Waals surface area contributed by atoms with Gasteiger partial charge in [-0.2, -0.15) is 0 Å². The molecule has 1 heterocycles. The van der Waals surface area contributed by atoms with Gasteiger partial charge in [0.2, 0.25) is 0 Å². The predicted octanol–water partition coefficient (Wildman–Crippen LogP) is 2.60. The van der Waals surface area contributed by atoms with Crippen LogP contribution in [0, 0.1) is 6.92 Å². The van der Waals surface area contributed by atoms with Crippen LogP contribution in [0.5, 0.6) is 0 Å². The van der Waals surface area contributed by atoms with Crippen molar-refractivity contribution in [1.82, 2.24) is 15.2 Å². The Kier molecular flexibility index (Phi) is 7.62. The summed E-state index contributed by atoms with van der Waals surface area (Å²) in [6.45, 7) is 11.9. The van der Waals surface area contributed by atoms with Crippen molar-refractivity contribution in [3.8, 4) is 0 Å². The second-order valence-corrected chi connectivity index (χ2v) is 4.70. The van der Waals surface area contributed by atoms with E-state index >= 15 is 0 Å². The van der Waals surface area contributed by atoms with Crippen molar-refractivity contribution in [3.63, 3.8) is 0 Å². The van der Waals surface area contributed by atoms with Gasteiger partial charge < -0.3 is 5.32 Å². The fraction of sp³-hybridized carbons (Fsp3) is 0.667. The lowest BCUT2D eigenvalue weighted by Gasteiger charge is -2.20. The maximum Gasteiger partial charge on any atom is 0.0547 e. The van der Waals surface area contributed by atoms with E-state index in [1.54, 1.807) is 0 Å². The number of nitrogens with one attached hydrogen (secondary N) is 1. The Bertz CT molecular complexity index is 325. The zero-order chi connectivity index (χ0) is 13.2. The standard InChI is InChI=1S/C15H27N3/c1-4-16-11-6-7-12-18(5-2)13-15-10-8-9-14(3)17-15/h8-10,16H,4-7,11-13H2,1-3H3. The van der Waals surface area contributed by atoms with Crippen molar-refractivity contribution in [2.45, 2.75) is 40.2 Å². The number of hydrogen-bond acceptors (Lipinski definition) is 3. The molecule has 0 aliphatic carbocycles. The Labute approximate surface area is 112 Å². The lowest BCUT2D eigenvalue weighted by molar-refractivity contribution is 0.270. The molecule has 0 aromatic carbocycles. The fourth-order valence-corrected chi connectivity index (χ4v) is 2.03. The molecule has 0 radical (unpaired) electrons. The Morgan fingerprint density at radius 2 is 2.06 bits per heavy atom. The maximum atomic E-state index is 4.56. The fourth-order valence-electron chi connectivity index (χ4n) is 2.03. The molecule has 0 saturated heterocycles. The summed E-state index contributed by atoms with van der Waals surface area (Å²) < 4.78 is 0. The van der Waals surface area contributed by atoms with Gasteiger partial charge in [-0.1, -0.05) is 19.9 Å². The van der Waals surface area contributed by atoms with Crippen molar-refractivity contribution >= 4 is 0 Å². The summed E-state index contributed by atoms with van der Waals surface area (Å²) in [5.41, 5.74) is 2.29. The first-order chi connectivity index (χ1) is 8.76. The van der Waals surface area contributed by atoms with Crippen molar-refractivity contribution in [1.29, 1.82) is 0 Å². The van der Waals surface area contributed by atoms with E-state index in [0.29, 0.717) is 0 Å². The van der Waals surface area contributed by atoms with Gasteiger partial charge in [-0.3, -0.25) is 9.88 Å². The molecule has 1 aromatic rings. The van der Waals surface area contributed by atoms with Crippen LogP contribution in [-0.4, -0.2) is 36.1 Å². The van der Waals surface area contributed by atoms with Crippen LogP contribution >= 0.6 is 0 Å². The zero-order valence-corrected chi connectivity index (χ0v) is 12.1. The van der Waals surface area contributed by atoms with Crippen molar-refractivity contribution in [2.75, 3.05) is 26.2 Å². The molecular weight excluding hydrogens is 222 g/mol. The summed E-state index contributed by atoms with van der Waals surface area (Å²) in [5.74, 6) is 0. The number of aryl methyl sites for hydroxylation is 1. The van der Waals surface area contributed by atoms with Gasteiger partial charge in [-0.25, -0.2) is 0 Å². The van der Waals surface area contributed by atoms with E-state index in [9.17, 15) is 0 Å². The Balaban J connectivity index is 2.28. The minimum atomic E-state index is 0.972. The van der Waals surface area contributed by atoms with Gasteiger partial charge in [0, 0.05) is 12.2 Å². The molecule has 0 bridgehead atoms. The highest BCUT2D eigenvalue weighted by atomic mass is 15.1. The van der Waals surface area contributed by atoms with Crippen LogP contribution in [-0.2, 0) is 6.54 Å². The smallest absolute Gasteiger partial charge is 0.0547 e. The van der Waals surface area contributed by atoms with Crippen molar-refractivity contribution in [2.24, 2.45) is 0 Å². The monoisotopic (exact) mass is 249 g/mol. The normalized spacial score (nSPS) is 11.1. The molecule has 18 heavy (non-hydrogen) atoms. The Morgan fingerprint density at radius 3 is 2.72 bits per heavy atom. The summed E-state index contributed by atoms with van der Waals surface area (Å²) in [5, 5.41) is 3.37. The van der Waals surface area contributed by atoms with Crippen LogP contribution in [0.25, 0.3) is 0 Å². The minimum Gasteiger partial charge on any atom is -0.317 e. The van der Waals surface area contributed by atoms with Crippen LogP contribution in [0.1, 0.15) is 38.1 Å². The topological polar surface area (TPSA) is 28.2 Å². The van der Waals surface area contributed by atoms with Gasteiger partial charge in [0.1, 0.15) is 0 Å². The highest BCUT2D eigenvalue weighted by molar-refractivity contribution is 5.09. The molecule has 0 aliphatic heterocycles. The molecule has 1 rings (SSSR count). The number of aromatic nitrogens is 1. The molecule has 3 heteroatoms. The first kappa shape index (κ1) is 15.1. The van der Waals surface area contributed by atoms with Crippen molar-refractivity contribution < 1.29 is 0 Å². The molecular formula is C15H27N3. The molecule has 0 spiro atoms. The molecule has 1 N–H and O–H groups in total. The van der Waals surface area contributed by atoms with E-state index in [0.717, 1.165) is 38.4 Å². The Morgan fingerprint density at radius 1 is 1.22 bits per heavy atom. The number of rotatable bonds is 9. The van der Waals surface area contributed by atoms with Gasteiger partial charge in [0.05, 0.1) is 5.69 Å². The number of nitrogens with zero attached hydrogens (tertiary/aromatic N) is 2. The quantitative estimate of drug-likeness (QED) is 0.682. The predicted molar refractivity (Wildman–Crippen MR) is 77.7 cm³/mol. The molecule has 3 nitrogen and oxygen atoms in total. The average molecular weight is 249 g/mol. The second-order valence-electron chi connectivity index (χ2n) is 4.70. The number of hydrogen-bond donors (Lipinski definition) is 1. The zero-order valence-electron chi connectivity index (χ0n) is 12.1. The average Bonchev–Trinajstić information content (AvgIpc) is 2.37. The summed E-state index contributed by atoms with van der Waals surface area (Å²) in [4.78, 5) is 7.03. The van der Waals surface area contributed by atoms with E-state index in [1.165, 1.54) is 18.5 Å². The molecule has 0 amide bonds. The van der Waals surface area contributed by atoms with Crippen LogP contribution in [0.15, 0.2) is 18.2 Å². The summed E-state index contributed by atoms with van der Waals surface area (Å²) in [7, 11) is 0. The maximum absolute atomic E-state index is 4.56. The summed E-state index contributed by atoms with van der Waals surface area (Å²) >= 11 is 0. The van der Waals surface area contributed by atoms with Gasteiger partial charge in [-0.05, 0) is 58.1 Å². The highest BCUT2D eigenvalue weighted by Crippen LogP contribution is 2.04. The third-order valence-corrected chi connectivity index (χ3v) is 3.11. The third-order valence-electron chi connectivity index (χ3n) is 3.11. The number of pyridine rings is 1. The highest BCUT2D eigenvalue weighted by Gasteiger charge is 2.04. The van der Waals surface area contributed by atoms with Crippen LogP contribution in [0.3, 0.4) is 0 Å². The molecule has 1 aromatic heterocycles. The van der Waals surface area contributed by atoms with Gasteiger partial charge in [-0.15, -0.1) is 0 Å². The van der Waals surface area contributed by atoms with Gasteiger partial charge in [0.15, 0.2) is 0 Å². The molecule has 102 valence electrons. The Hall–Kier alpha value is -0.930.